The Balaban J connectivity index is 2.52. The molecule has 1 heterocycles. The van der Waals surface area contributed by atoms with Crippen LogP contribution in [-0.2, 0) is 14.9 Å². The van der Waals surface area contributed by atoms with Crippen molar-refractivity contribution in [1.29, 1.82) is 0 Å². The van der Waals surface area contributed by atoms with Crippen molar-refractivity contribution in [3.63, 3.8) is 0 Å². The van der Waals surface area contributed by atoms with Crippen LogP contribution in [-0.4, -0.2) is 50.7 Å². The molecular weight excluding hydrogens is 381 g/mol. The van der Waals surface area contributed by atoms with Crippen LogP contribution < -0.4 is 4.72 Å². The molecule has 3 unspecified atom stereocenters. The molecule has 1 fully saturated rings. The average Bonchev–Trinajstić information content (AvgIpc) is 2.49. The van der Waals surface area contributed by atoms with E-state index in [1.165, 1.54) is 31.2 Å². The lowest BCUT2D eigenvalue weighted by molar-refractivity contribution is -0.179. The van der Waals surface area contributed by atoms with Gasteiger partial charge in [-0.25, -0.2) is 4.72 Å². The van der Waals surface area contributed by atoms with Gasteiger partial charge in [0.1, 0.15) is 0 Å². The summed E-state index contributed by atoms with van der Waals surface area (Å²) in [7, 11) is -4.06. The molecule has 1 N–H and O–H groups in total. The van der Waals surface area contributed by atoms with E-state index in [4.69, 9.17) is 16.3 Å². The molecule has 142 valence electrons. The number of nitrogens with one attached hydrogen (secondary N) is 1. The molecule has 0 saturated carbocycles. The third-order valence-electron chi connectivity index (χ3n) is 4.06. The average molecular weight is 401 g/mol. The van der Waals surface area contributed by atoms with Gasteiger partial charge in [0.25, 0.3) is 10.2 Å². The number of benzene rings is 1. The fourth-order valence-electron chi connectivity index (χ4n) is 3.04. The van der Waals surface area contributed by atoms with Crippen LogP contribution >= 0.6 is 11.6 Å². The van der Waals surface area contributed by atoms with Crippen molar-refractivity contribution < 1.29 is 26.3 Å². The second-order valence-electron chi connectivity index (χ2n) is 5.75. The minimum absolute atomic E-state index is 0.0352. The SMILES string of the molecule is CCNS(=O)(=O)N1CCOC(C)C1C(c1ccc(Cl)cc1)C(F)(F)F. The van der Waals surface area contributed by atoms with Gasteiger partial charge in [-0.05, 0) is 24.6 Å². The van der Waals surface area contributed by atoms with Crippen molar-refractivity contribution in [2.75, 3.05) is 19.7 Å². The highest BCUT2D eigenvalue weighted by Crippen LogP contribution is 2.42. The Morgan fingerprint density at radius 3 is 2.48 bits per heavy atom. The summed E-state index contributed by atoms with van der Waals surface area (Å²) < 4.78 is 75.0. The van der Waals surface area contributed by atoms with Crippen LogP contribution in [0.3, 0.4) is 0 Å². The molecule has 1 aliphatic heterocycles. The predicted octanol–water partition coefficient (Wildman–Crippen LogP) is 2.93. The Kier molecular flexibility index (Phi) is 6.37. The van der Waals surface area contributed by atoms with Crippen molar-refractivity contribution in [2.24, 2.45) is 0 Å². The van der Waals surface area contributed by atoms with Gasteiger partial charge in [0, 0.05) is 18.1 Å². The van der Waals surface area contributed by atoms with Gasteiger partial charge in [0.15, 0.2) is 0 Å². The highest BCUT2D eigenvalue weighted by atomic mass is 35.5. The summed E-state index contributed by atoms with van der Waals surface area (Å²) >= 11 is 5.77. The smallest absolute Gasteiger partial charge is 0.375 e. The molecule has 3 atom stereocenters. The van der Waals surface area contributed by atoms with E-state index in [1.807, 2.05) is 0 Å². The van der Waals surface area contributed by atoms with Gasteiger partial charge in [0.2, 0.25) is 0 Å². The van der Waals surface area contributed by atoms with Gasteiger partial charge in [-0.15, -0.1) is 0 Å². The number of hydrogen-bond acceptors (Lipinski definition) is 3. The van der Waals surface area contributed by atoms with Crippen LogP contribution in [0.2, 0.25) is 5.02 Å². The van der Waals surface area contributed by atoms with E-state index in [1.54, 1.807) is 6.92 Å². The van der Waals surface area contributed by atoms with E-state index in [2.05, 4.69) is 4.72 Å². The Labute approximate surface area is 150 Å². The standard InChI is InChI=1S/C15H20ClF3N2O3S/c1-3-20-25(22,23)21-8-9-24-10(2)14(21)13(15(17,18)19)11-4-6-12(16)7-5-11/h4-7,10,13-14,20H,3,8-9H2,1-2H3. The van der Waals surface area contributed by atoms with Crippen LogP contribution in [0, 0.1) is 0 Å². The lowest BCUT2D eigenvalue weighted by Crippen LogP contribution is -2.60. The Hall–Kier alpha value is -0.870. The van der Waals surface area contributed by atoms with E-state index < -0.39 is 34.4 Å². The topological polar surface area (TPSA) is 58.6 Å². The molecular formula is C15H20ClF3N2O3S. The molecule has 0 spiro atoms. The van der Waals surface area contributed by atoms with Crippen molar-refractivity contribution in [3.8, 4) is 0 Å². The Morgan fingerprint density at radius 2 is 1.96 bits per heavy atom. The number of alkyl halides is 3. The van der Waals surface area contributed by atoms with Gasteiger partial charge < -0.3 is 4.74 Å². The first kappa shape index (κ1) is 20.4. The van der Waals surface area contributed by atoms with E-state index in [0.717, 1.165) is 4.31 Å². The Morgan fingerprint density at radius 1 is 1.36 bits per heavy atom. The van der Waals surface area contributed by atoms with E-state index in [9.17, 15) is 21.6 Å². The van der Waals surface area contributed by atoms with E-state index in [0.29, 0.717) is 5.02 Å². The lowest BCUT2D eigenvalue weighted by Gasteiger charge is -2.43. The van der Waals surface area contributed by atoms with Crippen LogP contribution in [0.15, 0.2) is 24.3 Å². The van der Waals surface area contributed by atoms with Gasteiger partial charge in [0.05, 0.1) is 24.7 Å². The highest BCUT2D eigenvalue weighted by Gasteiger charge is 2.53. The third-order valence-corrected chi connectivity index (χ3v) is 6.01. The number of nitrogens with zero attached hydrogens (tertiary/aromatic N) is 1. The molecule has 0 amide bonds. The van der Waals surface area contributed by atoms with Crippen molar-refractivity contribution in [1.82, 2.24) is 9.03 Å². The minimum Gasteiger partial charge on any atom is -0.375 e. The van der Waals surface area contributed by atoms with Crippen molar-refractivity contribution in [2.45, 2.75) is 38.1 Å². The number of ether oxygens (including phenoxy) is 1. The highest BCUT2D eigenvalue weighted by molar-refractivity contribution is 7.87. The zero-order chi connectivity index (χ0) is 18.8. The van der Waals surface area contributed by atoms with Gasteiger partial charge in [-0.1, -0.05) is 30.7 Å². The summed E-state index contributed by atoms with van der Waals surface area (Å²) in [5.41, 5.74) is -0.0593. The number of hydrogen-bond donors (Lipinski definition) is 1. The number of rotatable bonds is 5. The van der Waals surface area contributed by atoms with Gasteiger partial charge in [-0.2, -0.15) is 25.9 Å². The number of halogens is 4. The van der Waals surface area contributed by atoms with Crippen molar-refractivity contribution >= 4 is 21.8 Å². The zero-order valence-corrected chi connectivity index (χ0v) is 15.3. The zero-order valence-electron chi connectivity index (χ0n) is 13.8. The first-order valence-electron chi connectivity index (χ1n) is 7.78. The lowest BCUT2D eigenvalue weighted by atomic mass is 9.87. The largest absolute Gasteiger partial charge is 0.397 e. The van der Waals surface area contributed by atoms with Crippen molar-refractivity contribution in [3.05, 3.63) is 34.9 Å². The molecule has 0 radical (unpaired) electrons. The maximum absolute atomic E-state index is 13.9. The molecule has 0 aliphatic carbocycles. The van der Waals surface area contributed by atoms with Crippen LogP contribution in [0.5, 0.6) is 0 Å². The molecule has 25 heavy (non-hydrogen) atoms. The minimum atomic E-state index is -4.66. The van der Waals surface area contributed by atoms with Crippen LogP contribution in [0.4, 0.5) is 13.2 Å². The molecule has 1 saturated heterocycles. The first-order valence-corrected chi connectivity index (χ1v) is 9.60. The molecule has 1 aromatic carbocycles. The normalized spacial score (nSPS) is 24.2. The molecule has 5 nitrogen and oxygen atoms in total. The molecule has 2 rings (SSSR count). The maximum atomic E-state index is 13.9. The summed E-state index contributed by atoms with van der Waals surface area (Å²) in [5.74, 6) is -2.03. The molecule has 1 aromatic rings. The third kappa shape index (κ3) is 4.65. The maximum Gasteiger partial charge on any atom is 0.397 e. The first-order chi connectivity index (χ1) is 11.6. The van der Waals surface area contributed by atoms with Crippen LogP contribution in [0.1, 0.15) is 25.3 Å². The fourth-order valence-corrected chi connectivity index (χ4v) is 4.63. The molecule has 1 aliphatic rings. The van der Waals surface area contributed by atoms with E-state index >= 15 is 0 Å². The monoisotopic (exact) mass is 400 g/mol. The Bertz CT molecular complexity index is 682. The van der Waals surface area contributed by atoms with E-state index in [-0.39, 0.29) is 25.3 Å². The summed E-state index contributed by atoms with van der Waals surface area (Å²) in [5, 5.41) is 0.301. The van der Waals surface area contributed by atoms with Gasteiger partial charge in [-0.3, -0.25) is 0 Å². The summed E-state index contributed by atoms with van der Waals surface area (Å²) in [6.07, 6.45) is -5.59. The fraction of sp³-hybridized carbons (Fsp3) is 0.600. The second-order valence-corrected chi connectivity index (χ2v) is 7.90. The molecule has 0 bridgehead atoms. The number of morpholine rings is 1. The predicted molar refractivity (Wildman–Crippen MR) is 88.8 cm³/mol. The molecule has 10 heteroatoms. The van der Waals surface area contributed by atoms with Crippen LogP contribution in [0.25, 0.3) is 0 Å². The second kappa shape index (κ2) is 7.79. The summed E-state index contributed by atoms with van der Waals surface area (Å²) in [4.78, 5) is 0. The van der Waals surface area contributed by atoms with Gasteiger partial charge >= 0.3 is 6.18 Å². The quantitative estimate of drug-likeness (QED) is 0.826. The summed E-state index contributed by atoms with van der Waals surface area (Å²) in [6.45, 7) is 2.99. The molecule has 0 aromatic heterocycles. The summed E-state index contributed by atoms with van der Waals surface area (Å²) in [6, 6.07) is 3.82.